The maximum atomic E-state index is 11.9. The molecule has 0 radical (unpaired) electrons. The van der Waals surface area contributed by atoms with E-state index in [-0.39, 0.29) is 17.2 Å². The van der Waals surface area contributed by atoms with Crippen LogP contribution >= 0.6 is 15.9 Å². The maximum Gasteiger partial charge on any atom is 0.271 e. The summed E-state index contributed by atoms with van der Waals surface area (Å²) < 4.78 is 0.849. The average molecular weight is 375 g/mol. The van der Waals surface area contributed by atoms with Crippen LogP contribution in [0.5, 0.6) is 0 Å². The summed E-state index contributed by atoms with van der Waals surface area (Å²) in [6.07, 6.45) is 2.24. The molecule has 2 rings (SSSR count). The Morgan fingerprint density at radius 2 is 1.78 bits per heavy atom. The second kappa shape index (κ2) is 7.46. The van der Waals surface area contributed by atoms with Gasteiger partial charge in [-0.25, -0.2) is 0 Å². The number of nitrogens with zero attached hydrogens (tertiary/aromatic N) is 1. The molecule has 116 valence electrons. The van der Waals surface area contributed by atoms with E-state index in [1.165, 1.54) is 24.3 Å². The van der Waals surface area contributed by atoms with E-state index in [9.17, 15) is 19.7 Å². The first kappa shape index (κ1) is 16.6. The molecule has 0 heterocycles. The number of non-ortho nitro benzene ring substituents is 1. The van der Waals surface area contributed by atoms with Gasteiger partial charge in [-0.1, -0.05) is 22.0 Å². The predicted molar refractivity (Wildman–Crippen MR) is 89.3 cm³/mol. The molecule has 0 aliphatic heterocycles. The second-order valence-corrected chi connectivity index (χ2v) is 5.42. The fourth-order valence-electron chi connectivity index (χ4n) is 1.74. The third kappa shape index (κ3) is 4.86. The number of allylic oxidation sites excluding steroid dienone is 1. The normalized spacial score (nSPS) is 10.5. The molecular weight excluding hydrogens is 364 g/mol. The van der Waals surface area contributed by atoms with E-state index in [0.29, 0.717) is 5.56 Å². The van der Waals surface area contributed by atoms with Crippen LogP contribution in [0.4, 0.5) is 11.4 Å². The number of hydrogen-bond donors (Lipinski definition) is 1. The van der Waals surface area contributed by atoms with Crippen molar-refractivity contribution in [3.05, 3.63) is 80.8 Å². The van der Waals surface area contributed by atoms with Gasteiger partial charge in [0, 0.05) is 33.9 Å². The Labute approximate surface area is 140 Å². The Morgan fingerprint density at radius 3 is 2.43 bits per heavy atom. The standard InChI is InChI=1S/C16H11BrN2O4/c17-12-6-4-11(5-7-12)15(20)8-9-16(21)18-13-2-1-3-14(10-13)19(22)23/h1-10H,(H,18,21)/b9-8+. The molecule has 2 aromatic rings. The molecule has 1 amide bonds. The molecule has 0 atom stereocenters. The molecule has 0 unspecified atom stereocenters. The molecule has 1 N–H and O–H groups in total. The van der Waals surface area contributed by atoms with E-state index >= 15 is 0 Å². The number of halogens is 1. The highest BCUT2D eigenvalue weighted by atomic mass is 79.9. The van der Waals surface area contributed by atoms with Crippen LogP contribution in [-0.2, 0) is 4.79 Å². The van der Waals surface area contributed by atoms with Crippen LogP contribution in [0.1, 0.15) is 10.4 Å². The van der Waals surface area contributed by atoms with Gasteiger partial charge >= 0.3 is 0 Å². The van der Waals surface area contributed by atoms with Crippen LogP contribution in [0.2, 0.25) is 0 Å². The Kier molecular flexibility index (Phi) is 5.37. The van der Waals surface area contributed by atoms with E-state index in [2.05, 4.69) is 21.2 Å². The van der Waals surface area contributed by atoms with Crippen LogP contribution in [-0.4, -0.2) is 16.6 Å². The summed E-state index contributed by atoms with van der Waals surface area (Å²) in [7, 11) is 0. The molecular formula is C16H11BrN2O4. The van der Waals surface area contributed by atoms with Crippen molar-refractivity contribution >= 4 is 39.0 Å². The van der Waals surface area contributed by atoms with Gasteiger partial charge in [-0.15, -0.1) is 0 Å². The van der Waals surface area contributed by atoms with E-state index in [0.717, 1.165) is 16.6 Å². The van der Waals surface area contributed by atoms with E-state index in [1.807, 2.05) is 0 Å². The van der Waals surface area contributed by atoms with E-state index in [4.69, 9.17) is 0 Å². The van der Waals surface area contributed by atoms with Crippen molar-refractivity contribution in [1.82, 2.24) is 0 Å². The fourth-order valence-corrected chi connectivity index (χ4v) is 2.01. The van der Waals surface area contributed by atoms with Crippen molar-refractivity contribution in [1.29, 1.82) is 0 Å². The highest BCUT2D eigenvalue weighted by molar-refractivity contribution is 9.10. The number of benzene rings is 2. The Balaban J connectivity index is 2.01. The molecule has 0 saturated carbocycles. The number of carbonyl (C=O) groups is 2. The summed E-state index contributed by atoms with van der Waals surface area (Å²) in [5.41, 5.74) is 0.607. The summed E-state index contributed by atoms with van der Waals surface area (Å²) in [5.74, 6) is -0.859. The molecule has 7 heteroatoms. The molecule has 2 aromatic carbocycles. The Morgan fingerprint density at radius 1 is 1.09 bits per heavy atom. The molecule has 6 nitrogen and oxygen atoms in total. The van der Waals surface area contributed by atoms with Gasteiger partial charge in [-0.05, 0) is 36.4 Å². The van der Waals surface area contributed by atoms with Crippen LogP contribution in [0.25, 0.3) is 0 Å². The van der Waals surface area contributed by atoms with Gasteiger partial charge in [-0.2, -0.15) is 0 Å². The van der Waals surface area contributed by atoms with Gasteiger partial charge in [0.1, 0.15) is 0 Å². The minimum absolute atomic E-state index is 0.127. The number of nitrogens with one attached hydrogen (secondary N) is 1. The summed E-state index contributed by atoms with van der Waals surface area (Å²) in [6.45, 7) is 0. The molecule has 0 aliphatic carbocycles. The van der Waals surface area contributed by atoms with Gasteiger partial charge in [0.05, 0.1) is 4.92 Å². The zero-order valence-electron chi connectivity index (χ0n) is 11.7. The number of amides is 1. The highest BCUT2D eigenvalue weighted by Gasteiger charge is 2.07. The largest absolute Gasteiger partial charge is 0.322 e. The lowest BCUT2D eigenvalue weighted by Gasteiger charge is -2.01. The van der Waals surface area contributed by atoms with Crippen molar-refractivity contribution < 1.29 is 14.5 Å². The van der Waals surface area contributed by atoms with Crippen molar-refractivity contribution in [2.24, 2.45) is 0 Å². The molecule has 0 saturated heterocycles. The second-order valence-electron chi connectivity index (χ2n) is 4.50. The first-order chi connectivity index (χ1) is 11.0. The Hall–Kier alpha value is -2.80. The lowest BCUT2D eigenvalue weighted by atomic mass is 10.1. The SMILES string of the molecule is O=C(/C=C/C(=O)c1ccc(Br)cc1)Nc1cccc([N+](=O)[O-])c1. The maximum absolute atomic E-state index is 11.9. The van der Waals surface area contributed by atoms with Gasteiger partial charge in [0.2, 0.25) is 5.91 Å². The summed E-state index contributed by atoms with van der Waals surface area (Å²) in [4.78, 5) is 33.8. The fraction of sp³-hybridized carbons (Fsp3) is 0. The number of nitro benzene ring substituents is 1. The minimum atomic E-state index is -0.553. The van der Waals surface area contributed by atoms with Crippen molar-refractivity contribution in [2.75, 3.05) is 5.32 Å². The van der Waals surface area contributed by atoms with E-state index in [1.54, 1.807) is 24.3 Å². The molecule has 0 fully saturated rings. The number of carbonyl (C=O) groups excluding carboxylic acids is 2. The van der Waals surface area contributed by atoms with E-state index < -0.39 is 10.8 Å². The molecule has 0 bridgehead atoms. The van der Waals surface area contributed by atoms with Crippen molar-refractivity contribution in [2.45, 2.75) is 0 Å². The van der Waals surface area contributed by atoms with Gasteiger partial charge in [-0.3, -0.25) is 19.7 Å². The lowest BCUT2D eigenvalue weighted by molar-refractivity contribution is -0.384. The first-order valence-electron chi connectivity index (χ1n) is 6.49. The zero-order chi connectivity index (χ0) is 16.8. The molecule has 0 aromatic heterocycles. The molecule has 0 spiro atoms. The summed E-state index contributed by atoms with van der Waals surface area (Å²) in [5, 5.41) is 13.1. The van der Waals surface area contributed by atoms with Crippen LogP contribution in [0, 0.1) is 10.1 Å². The number of nitro groups is 1. The first-order valence-corrected chi connectivity index (χ1v) is 7.28. The number of rotatable bonds is 5. The van der Waals surface area contributed by atoms with Crippen LogP contribution < -0.4 is 5.32 Å². The topological polar surface area (TPSA) is 89.3 Å². The number of hydrogen-bond acceptors (Lipinski definition) is 4. The average Bonchev–Trinajstić information content (AvgIpc) is 2.53. The predicted octanol–water partition coefficient (Wildman–Crippen LogP) is 3.73. The number of ketones is 1. The monoisotopic (exact) mass is 374 g/mol. The lowest BCUT2D eigenvalue weighted by Crippen LogP contribution is -2.09. The van der Waals surface area contributed by atoms with Crippen LogP contribution in [0.15, 0.2) is 65.2 Å². The summed E-state index contributed by atoms with van der Waals surface area (Å²) in [6, 6.07) is 12.3. The van der Waals surface area contributed by atoms with Crippen LogP contribution in [0.3, 0.4) is 0 Å². The third-order valence-corrected chi connectivity index (χ3v) is 3.37. The van der Waals surface area contributed by atoms with Gasteiger partial charge in [0.25, 0.3) is 5.69 Å². The third-order valence-electron chi connectivity index (χ3n) is 2.84. The van der Waals surface area contributed by atoms with Crippen molar-refractivity contribution in [3.8, 4) is 0 Å². The zero-order valence-corrected chi connectivity index (χ0v) is 13.3. The smallest absolute Gasteiger partial charge is 0.271 e. The van der Waals surface area contributed by atoms with Gasteiger partial charge < -0.3 is 5.32 Å². The Bertz CT molecular complexity index is 785. The minimum Gasteiger partial charge on any atom is -0.322 e. The van der Waals surface area contributed by atoms with Gasteiger partial charge in [0.15, 0.2) is 5.78 Å². The summed E-state index contributed by atoms with van der Waals surface area (Å²) >= 11 is 3.27. The molecule has 0 aliphatic rings. The molecule has 23 heavy (non-hydrogen) atoms. The quantitative estimate of drug-likeness (QED) is 0.373. The highest BCUT2D eigenvalue weighted by Crippen LogP contribution is 2.17. The number of anilines is 1. The van der Waals surface area contributed by atoms with Crippen molar-refractivity contribution in [3.63, 3.8) is 0 Å².